The molecule has 0 radical (unpaired) electrons. The van der Waals surface area contributed by atoms with Gasteiger partial charge < -0.3 is 20.5 Å². The first-order valence-electron chi connectivity index (χ1n) is 8.48. The molecule has 1 saturated carbocycles. The van der Waals surface area contributed by atoms with Gasteiger partial charge in [-0.15, -0.1) is 11.3 Å². The Hall–Kier alpha value is -2.71. The molecule has 1 aliphatic carbocycles. The van der Waals surface area contributed by atoms with Gasteiger partial charge in [-0.05, 0) is 54.5 Å². The quantitative estimate of drug-likeness (QED) is 0.518. The topological polar surface area (TPSA) is 105 Å². The fourth-order valence-corrected chi connectivity index (χ4v) is 3.71. The van der Waals surface area contributed by atoms with E-state index >= 15 is 0 Å². The second-order valence-electron chi connectivity index (χ2n) is 6.38. The van der Waals surface area contributed by atoms with Crippen molar-refractivity contribution in [3.63, 3.8) is 0 Å². The molecule has 1 fully saturated rings. The van der Waals surface area contributed by atoms with E-state index in [1.807, 2.05) is 17.5 Å². The molecule has 142 valence electrons. The molecular weight excluding hydrogens is 368 g/mol. The van der Waals surface area contributed by atoms with Crippen molar-refractivity contribution in [3.8, 4) is 0 Å². The van der Waals surface area contributed by atoms with Crippen LogP contribution in [0.5, 0.6) is 0 Å². The number of carbonyl (C=O) groups excluding carboxylic acids is 3. The van der Waals surface area contributed by atoms with E-state index in [1.165, 1.54) is 42.7 Å². The van der Waals surface area contributed by atoms with Crippen molar-refractivity contribution in [2.45, 2.75) is 18.4 Å². The number of methoxy groups -OCH3 is 1. The first-order valence-corrected chi connectivity index (χ1v) is 9.36. The average molecular weight is 388 g/mol. The first-order chi connectivity index (χ1) is 12.9. The van der Waals surface area contributed by atoms with Crippen molar-refractivity contribution in [2.24, 2.45) is 5.92 Å². The predicted octanol–water partition coefficient (Wildman–Crippen LogP) is 1.89. The van der Waals surface area contributed by atoms with Gasteiger partial charge in [0, 0.05) is 10.6 Å². The van der Waals surface area contributed by atoms with E-state index in [0.29, 0.717) is 11.3 Å². The van der Waals surface area contributed by atoms with Gasteiger partial charge in [-0.3, -0.25) is 9.59 Å². The molecule has 1 aliphatic rings. The number of carbonyl (C=O) groups is 3. The van der Waals surface area contributed by atoms with Gasteiger partial charge in [-0.25, -0.2) is 4.79 Å². The van der Waals surface area contributed by atoms with Gasteiger partial charge in [0.15, 0.2) is 0 Å². The lowest BCUT2D eigenvalue weighted by molar-refractivity contribution is -0.137. The van der Waals surface area contributed by atoms with Gasteiger partial charge in [0.2, 0.25) is 0 Å². The third-order valence-electron chi connectivity index (χ3n) is 4.49. The van der Waals surface area contributed by atoms with Crippen molar-refractivity contribution in [2.75, 3.05) is 19.0 Å². The SMILES string of the molecule is COC(=O)c1ccc(NC(=O)C(=O)NC[C@](O)(c2cccs2)C2CC2)cc1. The van der Waals surface area contributed by atoms with Crippen LogP contribution < -0.4 is 10.6 Å². The molecule has 3 N–H and O–H groups in total. The second kappa shape index (κ2) is 7.89. The molecule has 2 aromatic rings. The average Bonchev–Trinajstić information content (AvgIpc) is 3.40. The zero-order valence-electron chi connectivity index (χ0n) is 14.7. The number of hydrogen-bond acceptors (Lipinski definition) is 6. The highest BCUT2D eigenvalue weighted by atomic mass is 32.1. The Balaban J connectivity index is 1.57. The van der Waals surface area contributed by atoms with Gasteiger partial charge in [0.05, 0.1) is 19.2 Å². The highest BCUT2D eigenvalue weighted by Gasteiger charge is 2.46. The zero-order chi connectivity index (χ0) is 19.4. The lowest BCUT2D eigenvalue weighted by Crippen LogP contribution is -2.45. The standard InChI is InChI=1S/C19H20N2O5S/c1-26-18(24)12-4-8-14(9-5-12)21-17(23)16(22)20-11-19(25,13-6-7-13)15-3-2-10-27-15/h2-5,8-10,13,25H,6-7,11H2,1H3,(H,20,22)(H,21,23)/t19-/m1/s1. The Morgan fingerprint density at radius 3 is 2.44 bits per heavy atom. The molecule has 1 heterocycles. The normalized spacial score (nSPS) is 15.5. The van der Waals surface area contributed by atoms with E-state index in [9.17, 15) is 19.5 Å². The van der Waals surface area contributed by atoms with E-state index < -0.39 is 23.4 Å². The zero-order valence-corrected chi connectivity index (χ0v) is 15.5. The fraction of sp³-hybridized carbons (Fsp3) is 0.316. The highest BCUT2D eigenvalue weighted by Crippen LogP contribution is 2.46. The molecule has 1 aromatic heterocycles. The van der Waals surface area contributed by atoms with E-state index in [1.54, 1.807) is 0 Å². The molecule has 3 rings (SSSR count). The maximum Gasteiger partial charge on any atom is 0.337 e. The lowest BCUT2D eigenvalue weighted by Gasteiger charge is -2.27. The summed E-state index contributed by atoms with van der Waals surface area (Å²) in [4.78, 5) is 36.4. The molecule has 1 aromatic carbocycles. The van der Waals surface area contributed by atoms with Crippen molar-refractivity contribution < 1.29 is 24.2 Å². The number of thiophene rings is 1. The Morgan fingerprint density at radius 2 is 1.89 bits per heavy atom. The number of hydrogen-bond donors (Lipinski definition) is 3. The summed E-state index contributed by atoms with van der Waals surface area (Å²) in [6, 6.07) is 9.66. The summed E-state index contributed by atoms with van der Waals surface area (Å²) in [7, 11) is 1.28. The third kappa shape index (κ3) is 4.35. The summed E-state index contributed by atoms with van der Waals surface area (Å²) in [5.74, 6) is -2.07. The summed E-state index contributed by atoms with van der Waals surface area (Å²) < 4.78 is 4.60. The minimum Gasteiger partial charge on any atom is -0.465 e. The van der Waals surface area contributed by atoms with Crippen molar-refractivity contribution in [1.29, 1.82) is 0 Å². The minimum atomic E-state index is -1.15. The summed E-state index contributed by atoms with van der Waals surface area (Å²) >= 11 is 1.43. The Morgan fingerprint density at radius 1 is 1.19 bits per heavy atom. The minimum absolute atomic E-state index is 0.0221. The number of rotatable bonds is 6. The maximum atomic E-state index is 12.1. The molecule has 7 nitrogen and oxygen atoms in total. The molecule has 0 spiro atoms. The molecule has 0 aliphatic heterocycles. The van der Waals surface area contributed by atoms with Gasteiger partial charge in [-0.2, -0.15) is 0 Å². The molecule has 2 amide bonds. The lowest BCUT2D eigenvalue weighted by atomic mass is 9.95. The van der Waals surface area contributed by atoms with E-state index in [2.05, 4.69) is 15.4 Å². The third-order valence-corrected chi connectivity index (χ3v) is 5.53. The van der Waals surface area contributed by atoms with Crippen LogP contribution in [-0.4, -0.2) is 36.5 Å². The van der Waals surface area contributed by atoms with E-state index in [0.717, 1.165) is 17.7 Å². The van der Waals surface area contributed by atoms with Crippen LogP contribution in [0.15, 0.2) is 41.8 Å². The largest absolute Gasteiger partial charge is 0.465 e. The van der Waals surface area contributed by atoms with Gasteiger partial charge in [-0.1, -0.05) is 6.07 Å². The first kappa shape index (κ1) is 19.1. The molecule has 1 atom stereocenters. The molecule has 0 saturated heterocycles. The van der Waals surface area contributed by atoms with Gasteiger partial charge in [0.1, 0.15) is 5.60 Å². The smallest absolute Gasteiger partial charge is 0.337 e. The Kier molecular flexibility index (Phi) is 5.57. The highest BCUT2D eigenvalue weighted by molar-refractivity contribution is 7.10. The number of benzene rings is 1. The summed E-state index contributed by atoms with van der Waals surface area (Å²) in [6.07, 6.45) is 1.78. The second-order valence-corrected chi connectivity index (χ2v) is 7.33. The molecular formula is C19H20N2O5S. The van der Waals surface area contributed by atoms with Crippen molar-refractivity contribution >= 4 is 34.8 Å². The van der Waals surface area contributed by atoms with Gasteiger partial charge in [0.25, 0.3) is 0 Å². The van der Waals surface area contributed by atoms with Crippen LogP contribution in [0.25, 0.3) is 0 Å². The van der Waals surface area contributed by atoms with Crippen molar-refractivity contribution in [1.82, 2.24) is 5.32 Å². The van der Waals surface area contributed by atoms with Crippen LogP contribution in [0.4, 0.5) is 5.69 Å². The Bertz CT molecular complexity index is 830. The van der Waals surface area contributed by atoms with Crippen LogP contribution >= 0.6 is 11.3 Å². The van der Waals surface area contributed by atoms with Crippen LogP contribution in [-0.2, 0) is 19.9 Å². The fourth-order valence-electron chi connectivity index (χ4n) is 2.81. The number of nitrogens with one attached hydrogen (secondary N) is 2. The number of anilines is 1. The van der Waals surface area contributed by atoms with Crippen LogP contribution in [0, 0.1) is 5.92 Å². The maximum absolute atomic E-state index is 12.1. The summed E-state index contributed by atoms with van der Waals surface area (Å²) in [5.41, 5.74) is -0.435. The number of amides is 2. The summed E-state index contributed by atoms with van der Waals surface area (Å²) in [5, 5.41) is 17.8. The number of ether oxygens (including phenoxy) is 1. The van der Waals surface area contributed by atoms with E-state index in [-0.39, 0.29) is 12.5 Å². The number of esters is 1. The van der Waals surface area contributed by atoms with E-state index in [4.69, 9.17) is 0 Å². The van der Waals surface area contributed by atoms with Crippen LogP contribution in [0.3, 0.4) is 0 Å². The molecule has 0 unspecified atom stereocenters. The predicted molar refractivity (Wildman–Crippen MR) is 100 cm³/mol. The van der Waals surface area contributed by atoms with Crippen molar-refractivity contribution in [3.05, 3.63) is 52.2 Å². The van der Waals surface area contributed by atoms with Crippen LogP contribution in [0.2, 0.25) is 0 Å². The van der Waals surface area contributed by atoms with Gasteiger partial charge >= 0.3 is 17.8 Å². The monoisotopic (exact) mass is 388 g/mol. The number of aliphatic hydroxyl groups is 1. The Labute approximate surface area is 160 Å². The molecule has 8 heteroatoms. The summed E-state index contributed by atoms with van der Waals surface area (Å²) in [6.45, 7) is -0.0221. The molecule has 0 bridgehead atoms. The van der Waals surface area contributed by atoms with Crippen LogP contribution in [0.1, 0.15) is 28.1 Å². The molecule has 27 heavy (non-hydrogen) atoms.